The van der Waals surface area contributed by atoms with Gasteiger partial charge in [0.2, 0.25) is 5.91 Å². The molecule has 2 rings (SSSR count). The highest BCUT2D eigenvalue weighted by molar-refractivity contribution is 5.79. The highest BCUT2D eigenvalue weighted by Gasteiger charge is 2.15. The lowest BCUT2D eigenvalue weighted by atomic mass is 10.2. The highest BCUT2D eigenvalue weighted by atomic mass is 16.2. The van der Waals surface area contributed by atoms with Gasteiger partial charge in [-0.25, -0.2) is 4.98 Å². The molecule has 1 amide bonds. The van der Waals surface area contributed by atoms with Crippen molar-refractivity contribution in [1.29, 1.82) is 0 Å². The Kier molecular flexibility index (Phi) is 4.55. The minimum Gasteiger partial charge on any atom is -0.354 e. The van der Waals surface area contributed by atoms with E-state index in [2.05, 4.69) is 15.4 Å². The maximum atomic E-state index is 12.0. The van der Waals surface area contributed by atoms with Crippen LogP contribution in [0.25, 0.3) is 0 Å². The maximum Gasteiger partial charge on any atom is 0.242 e. The third-order valence-corrected chi connectivity index (χ3v) is 3.36. The number of nitrogens with zero attached hydrogens (tertiary/aromatic N) is 4. The molecule has 0 radical (unpaired) electrons. The van der Waals surface area contributed by atoms with Crippen LogP contribution < -0.4 is 5.32 Å². The molecule has 0 fully saturated rings. The summed E-state index contributed by atoms with van der Waals surface area (Å²) in [5, 5.41) is 7.08. The number of nitrogens with one attached hydrogen (secondary N) is 1. The van der Waals surface area contributed by atoms with Crippen LogP contribution in [0.5, 0.6) is 0 Å². The first kappa shape index (κ1) is 14.3. The van der Waals surface area contributed by atoms with E-state index in [1.54, 1.807) is 10.9 Å². The first-order valence-corrected chi connectivity index (χ1v) is 6.82. The number of rotatable bonds is 6. The molecule has 0 saturated carbocycles. The predicted octanol–water partition coefficient (Wildman–Crippen LogP) is 1.24. The fourth-order valence-electron chi connectivity index (χ4n) is 2.18. The lowest BCUT2D eigenvalue weighted by molar-refractivity contribution is -0.123. The van der Waals surface area contributed by atoms with Crippen LogP contribution in [0, 0.1) is 6.92 Å². The standard InChI is InChI=1S/C14H21N5O/c1-11(19-8-7-15-12(19)2)14(20)16-6-4-5-13-9-17-18(3)10-13/h7-11H,4-6H2,1-3H3,(H,16,20)/t11-/m0/s1. The number of aromatic nitrogens is 4. The molecule has 0 saturated heterocycles. The summed E-state index contributed by atoms with van der Waals surface area (Å²) in [6, 6.07) is -0.226. The van der Waals surface area contributed by atoms with Crippen LogP contribution in [0.4, 0.5) is 0 Å². The molecule has 0 spiro atoms. The number of carbonyl (C=O) groups excluding carboxylic acids is 1. The molecule has 2 heterocycles. The summed E-state index contributed by atoms with van der Waals surface area (Å²) in [6.45, 7) is 4.45. The average Bonchev–Trinajstić information content (AvgIpc) is 3.02. The molecule has 0 aromatic carbocycles. The number of hydrogen-bond acceptors (Lipinski definition) is 3. The van der Waals surface area contributed by atoms with E-state index in [1.165, 1.54) is 5.56 Å². The Morgan fingerprint density at radius 2 is 2.30 bits per heavy atom. The Balaban J connectivity index is 1.74. The normalized spacial score (nSPS) is 12.3. The van der Waals surface area contributed by atoms with E-state index in [1.807, 2.05) is 44.1 Å². The lowest BCUT2D eigenvalue weighted by Gasteiger charge is -2.14. The number of amides is 1. The highest BCUT2D eigenvalue weighted by Crippen LogP contribution is 2.08. The zero-order chi connectivity index (χ0) is 14.5. The second-order valence-electron chi connectivity index (χ2n) is 4.97. The molecule has 6 heteroatoms. The Hall–Kier alpha value is -2.11. The van der Waals surface area contributed by atoms with Gasteiger partial charge in [0.25, 0.3) is 0 Å². The number of hydrogen-bond donors (Lipinski definition) is 1. The Bertz CT molecular complexity index is 572. The van der Waals surface area contributed by atoms with Crippen molar-refractivity contribution in [3.63, 3.8) is 0 Å². The average molecular weight is 275 g/mol. The topological polar surface area (TPSA) is 64.7 Å². The molecule has 2 aromatic heterocycles. The number of carbonyl (C=O) groups is 1. The van der Waals surface area contributed by atoms with E-state index < -0.39 is 0 Å². The van der Waals surface area contributed by atoms with Crippen molar-refractivity contribution < 1.29 is 4.79 Å². The van der Waals surface area contributed by atoms with Crippen LogP contribution in [0.2, 0.25) is 0 Å². The zero-order valence-electron chi connectivity index (χ0n) is 12.2. The summed E-state index contributed by atoms with van der Waals surface area (Å²) in [5.74, 6) is 0.875. The summed E-state index contributed by atoms with van der Waals surface area (Å²) in [4.78, 5) is 16.2. The van der Waals surface area contributed by atoms with Crippen molar-refractivity contribution in [3.05, 3.63) is 36.2 Å². The van der Waals surface area contributed by atoms with Crippen molar-refractivity contribution >= 4 is 5.91 Å². The summed E-state index contributed by atoms with van der Waals surface area (Å²) in [7, 11) is 1.90. The minimum atomic E-state index is -0.226. The molecule has 0 unspecified atom stereocenters. The maximum absolute atomic E-state index is 12.0. The van der Waals surface area contributed by atoms with Gasteiger partial charge in [-0.2, -0.15) is 5.10 Å². The first-order valence-electron chi connectivity index (χ1n) is 6.82. The van der Waals surface area contributed by atoms with Gasteiger partial charge in [-0.05, 0) is 32.3 Å². The Morgan fingerprint density at radius 3 is 2.90 bits per heavy atom. The molecule has 1 N–H and O–H groups in total. The van der Waals surface area contributed by atoms with E-state index in [0.29, 0.717) is 6.54 Å². The van der Waals surface area contributed by atoms with Crippen molar-refractivity contribution in [2.45, 2.75) is 32.7 Å². The smallest absolute Gasteiger partial charge is 0.242 e. The Labute approximate surface area is 118 Å². The van der Waals surface area contributed by atoms with Crippen LogP contribution in [0.15, 0.2) is 24.8 Å². The monoisotopic (exact) mass is 275 g/mol. The van der Waals surface area contributed by atoms with Crippen molar-refractivity contribution in [2.75, 3.05) is 6.54 Å². The van der Waals surface area contributed by atoms with Gasteiger partial charge in [-0.3, -0.25) is 9.48 Å². The van der Waals surface area contributed by atoms with Crippen LogP contribution in [-0.2, 0) is 18.3 Å². The zero-order valence-corrected chi connectivity index (χ0v) is 12.2. The van der Waals surface area contributed by atoms with E-state index in [4.69, 9.17) is 0 Å². The largest absolute Gasteiger partial charge is 0.354 e. The van der Waals surface area contributed by atoms with Crippen LogP contribution >= 0.6 is 0 Å². The SMILES string of the molecule is Cc1nccn1[C@@H](C)C(=O)NCCCc1cnn(C)c1. The summed E-state index contributed by atoms with van der Waals surface area (Å²) in [5.41, 5.74) is 1.19. The van der Waals surface area contributed by atoms with E-state index in [-0.39, 0.29) is 11.9 Å². The molecule has 0 aliphatic heterocycles. The first-order chi connectivity index (χ1) is 9.58. The molecule has 6 nitrogen and oxygen atoms in total. The molecule has 2 aromatic rings. The number of aryl methyl sites for hydroxylation is 3. The van der Waals surface area contributed by atoms with Gasteiger partial charge >= 0.3 is 0 Å². The summed E-state index contributed by atoms with van der Waals surface area (Å²) < 4.78 is 3.66. The minimum absolute atomic E-state index is 0.0253. The molecule has 0 bridgehead atoms. The van der Waals surface area contributed by atoms with Gasteiger partial charge in [0.1, 0.15) is 11.9 Å². The number of imidazole rings is 1. The van der Waals surface area contributed by atoms with Crippen molar-refractivity contribution in [3.8, 4) is 0 Å². The van der Waals surface area contributed by atoms with Crippen LogP contribution in [0.3, 0.4) is 0 Å². The molecule has 20 heavy (non-hydrogen) atoms. The lowest BCUT2D eigenvalue weighted by Crippen LogP contribution is -2.32. The molecule has 0 aliphatic rings. The third-order valence-electron chi connectivity index (χ3n) is 3.36. The second kappa shape index (κ2) is 6.36. The fourth-order valence-corrected chi connectivity index (χ4v) is 2.18. The van der Waals surface area contributed by atoms with Crippen LogP contribution in [-0.4, -0.2) is 31.8 Å². The van der Waals surface area contributed by atoms with Gasteiger partial charge in [0.05, 0.1) is 6.20 Å². The fraction of sp³-hybridized carbons (Fsp3) is 0.500. The second-order valence-corrected chi connectivity index (χ2v) is 4.97. The Morgan fingerprint density at radius 1 is 1.50 bits per heavy atom. The van der Waals surface area contributed by atoms with Gasteiger partial charge in [-0.15, -0.1) is 0 Å². The molecular weight excluding hydrogens is 254 g/mol. The van der Waals surface area contributed by atoms with Gasteiger partial charge in [0.15, 0.2) is 0 Å². The van der Waals surface area contributed by atoms with Gasteiger partial charge in [-0.1, -0.05) is 0 Å². The van der Waals surface area contributed by atoms with Gasteiger partial charge in [0, 0.05) is 32.2 Å². The van der Waals surface area contributed by atoms with Gasteiger partial charge < -0.3 is 9.88 Å². The molecule has 0 aliphatic carbocycles. The molecular formula is C14H21N5O. The van der Waals surface area contributed by atoms with Crippen molar-refractivity contribution in [1.82, 2.24) is 24.6 Å². The van der Waals surface area contributed by atoms with E-state index >= 15 is 0 Å². The van der Waals surface area contributed by atoms with E-state index in [0.717, 1.165) is 18.7 Å². The summed E-state index contributed by atoms with van der Waals surface area (Å²) >= 11 is 0. The predicted molar refractivity (Wildman–Crippen MR) is 76.2 cm³/mol. The molecule has 1 atom stereocenters. The van der Waals surface area contributed by atoms with E-state index in [9.17, 15) is 4.79 Å². The van der Waals surface area contributed by atoms with Crippen molar-refractivity contribution in [2.24, 2.45) is 7.05 Å². The third kappa shape index (κ3) is 3.46. The van der Waals surface area contributed by atoms with Crippen LogP contribution in [0.1, 0.15) is 30.8 Å². The quantitative estimate of drug-likeness (QED) is 0.807. The molecule has 108 valence electrons. The summed E-state index contributed by atoms with van der Waals surface area (Å²) in [6.07, 6.45) is 9.23.